The summed E-state index contributed by atoms with van der Waals surface area (Å²) in [6.45, 7) is 12.0. The second-order valence-corrected chi connectivity index (χ2v) is 26.1. The van der Waals surface area contributed by atoms with Crippen molar-refractivity contribution in [2.45, 2.75) is 92.0 Å². The molecule has 1 rings (SSSR count). The molecule has 0 saturated heterocycles. The second-order valence-electron chi connectivity index (χ2n) is 7.45. The molecule has 0 N–H and O–H groups in total. The quantitative estimate of drug-likeness (QED) is 0.377. The fourth-order valence-corrected chi connectivity index (χ4v) is 27.7. The molecule has 0 aliphatic carbocycles. The van der Waals surface area contributed by atoms with E-state index in [0.29, 0.717) is 0 Å². The van der Waals surface area contributed by atoms with Crippen LogP contribution in [0.3, 0.4) is 0 Å². The summed E-state index contributed by atoms with van der Waals surface area (Å²) in [4.78, 5) is 0. The Morgan fingerprint density at radius 2 is 1.41 bits per heavy atom. The summed E-state index contributed by atoms with van der Waals surface area (Å²) in [6, 6.07) is 5.13. The molecule has 0 nitrogen and oxygen atoms in total. The van der Waals surface area contributed by atoms with Crippen molar-refractivity contribution in [3.63, 3.8) is 0 Å². The second kappa shape index (κ2) is 11.3. The van der Waals surface area contributed by atoms with Gasteiger partial charge < -0.3 is 0 Å². The van der Waals surface area contributed by atoms with Crippen LogP contribution >= 0.6 is 11.3 Å². The van der Waals surface area contributed by atoms with Gasteiger partial charge in [0.25, 0.3) is 0 Å². The molecule has 128 valence electrons. The van der Waals surface area contributed by atoms with Gasteiger partial charge in [-0.25, -0.2) is 0 Å². The summed E-state index contributed by atoms with van der Waals surface area (Å²) < 4.78 is 8.58. The third-order valence-corrected chi connectivity index (χ3v) is 26.4. The minimum atomic E-state index is -2.10. The Bertz CT molecular complexity index is 378. The molecule has 1 heterocycles. The van der Waals surface area contributed by atoms with E-state index in [9.17, 15) is 0 Å². The molecule has 1 aromatic heterocycles. The van der Waals surface area contributed by atoms with Crippen LogP contribution in [0.1, 0.15) is 73.1 Å². The van der Waals surface area contributed by atoms with E-state index in [0.717, 1.165) is 5.54 Å². The van der Waals surface area contributed by atoms with Gasteiger partial charge in [-0.1, -0.05) is 0 Å². The van der Waals surface area contributed by atoms with Gasteiger partial charge in [-0.2, -0.15) is 0 Å². The molecule has 0 aliphatic rings. The van der Waals surface area contributed by atoms with E-state index in [2.05, 4.69) is 58.1 Å². The number of unbranched alkanes of at least 4 members (excludes halogenated alkanes) is 3. The predicted molar refractivity (Wildman–Crippen MR) is 112 cm³/mol. The molecule has 3 heteroatoms. The third-order valence-electron chi connectivity index (χ3n) is 4.82. The summed E-state index contributed by atoms with van der Waals surface area (Å²) in [5.41, 5.74) is 0.929. The predicted octanol–water partition coefficient (Wildman–Crippen LogP) is 5.43. The molecule has 0 atom stereocenters. The zero-order valence-electron chi connectivity index (χ0n) is 15.7. The summed E-state index contributed by atoms with van der Waals surface area (Å²) in [6.07, 6.45) is 8.61. The summed E-state index contributed by atoms with van der Waals surface area (Å²) in [5, 5.41) is 0. The fraction of sp³-hybridized carbons (Fsp3) is 0.789. The maximum absolute atomic E-state index is 2.60. The molecule has 22 heavy (non-hydrogen) atoms. The molecule has 0 amide bonds. The SMILES string of the molecule is CCC[CH2][Sn]([CH2]CCC)([CH2]CCC)[c]1ccc([SiH2]C(C)C)s1. The molecule has 0 spiro atoms. The molecule has 0 aliphatic heterocycles. The van der Waals surface area contributed by atoms with Crippen molar-refractivity contribution >= 4 is 46.6 Å². The molecular formula is C19H38SSiSn. The minimum absolute atomic E-state index is 0.0191. The van der Waals surface area contributed by atoms with Gasteiger partial charge >= 0.3 is 151 Å². The van der Waals surface area contributed by atoms with Gasteiger partial charge in [-0.05, 0) is 0 Å². The van der Waals surface area contributed by atoms with Crippen LogP contribution in [-0.2, 0) is 0 Å². The zero-order chi connectivity index (χ0) is 16.4. The molecule has 0 fully saturated rings. The summed E-state index contributed by atoms with van der Waals surface area (Å²) in [7, 11) is -0.0191. The Kier molecular flexibility index (Phi) is 10.7. The zero-order valence-corrected chi connectivity index (χ0v) is 20.8. The van der Waals surface area contributed by atoms with Crippen LogP contribution in [-0.4, -0.2) is 27.9 Å². The van der Waals surface area contributed by atoms with Crippen molar-refractivity contribution in [3.8, 4) is 0 Å². The first-order valence-electron chi connectivity index (χ1n) is 9.67. The van der Waals surface area contributed by atoms with E-state index < -0.39 is 18.4 Å². The molecule has 0 unspecified atom stereocenters. The van der Waals surface area contributed by atoms with Crippen LogP contribution < -0.4 is 7.39 Å². The van der Waals surface area contributed by atoms with Gasteiger partial charge in [0.2, 0.25) is 0 Å². The van der Waals surface area contributed by atoms with Crippen molar-refractivity contribution in [2.24, 2.45) is 0 Å². The number of thiophene rings is 1. The molecule has 0 bridgehead atoms. The molecule has 1 aromatic rings. The first-order chi connectivity index (χ1) is 10.6. The molecule has 0 aromatic carbocycles. The topological polar surface area (TPSA) is 0 Å². The van der Waals surface area contributed by atoms with Crippen molar-refractivity contribution in [2.75, 3.05) is 0 Å². The number of rotatable bonds is 12. The van der Waals surface area contributed by atoms with Crippen molar-refractivity contribution < 1.29 is 0 Å². The van der Waals surface area contributed by atoms with Gasteiger partial charge in [0.15, 0.2) is 0 Å². The van der Waals surface area contributed by atoms with Gasteiger partial charge in [-0.3, -0.25) is 0 Å². The van der Waals surface area contributed by atoms with E-state index in [1.54, 1.807) is 17.8 Å². The van der Waals surface area contributed by atoms with E-state index in [1.165, 1.54) is 38.5 Å². The summed E-state index contributed by atoms with van der Waals surface area (Å²) >= 11 is 0.170. The van der Waals surface area contributed by atoms with E-state index in [1.807, 2.05) is 2.89 Å². The maximum atomic E-state index is 2.60. The first kappa shape index (κ1) is 20.8. The number of hydrogen-bond donors (Lipinski definition) is 0. The van der Waals surface area contributed by atoms with E-state index >= 15 is 0 Å². The van der Waals surface area contributed by atoms with Crippen LogP contribution in [0.25, 0.3) is 0 Å². The standard InChI is InChI=1S/C7H11SSi.3C4H9.Sn/c1-6(2)9-7-4-3-5-8-7;3*1-3-4-2;/h3-4,6H,9H2,1-2H3;3*1,3-4H2,2H3;. The Morgan fingerprint density at radius 3 is 1.82 bits per heavy atom. The van der Waals surface area contributed by atoms with Crippen LogP contribution in [0, 0.1) is 0 Å². The van der Waals surface area contributed by atoms with Crippen LogP contribution in [0.4, 0.5) is 0 Å². The monoisotopic (exact) mass is 446 g/mol. The first-order valence-corrected chi connectivity index (χ1v) is 19.5. The molecule has 0 radical (unpaired) electrons. The van der Waals surface area contributed by atoms with Crippen molar-refractivity contribution in [1.82, 2.24) is 0 Å². The average Bonchev–Trinajstić information content (AvgIpc) is 2.95. The molecular weight excluding hydrogens is 407 g/mol. The van der Waals surface area contributed by atoms with E-state index in [-0.39, 0.29) is 9.52 Å². The van der Waals surface area contributed by atoms with Gasteiger partial charge in [0.1, 0.15) is 0 Å². The fourth-order valence-electron chi connectivity index (χ4n) is 3.47. The normalized spacial score (nSPS) is 12.8. The van der Waals surface area contributed by atoms with Crippen LogP contribution in [0.15, 0.2) is 12.1 Å². The van der Waals surface area contributed by atoms with Crippen LogP contribution in [0.2, 0.25) is 18.9 Å². The van der Waals surface area contributed by atoms with Gasteiger partial charge in [0, 0.05) is 0 Å². The Hall–Kier alpha value is 0.716. The Labute approximate surface area is 150 Å². The summed E-state index contributed by atoms with van der Waals surface area (Å²) in [5.74, 6) is 0. The van der Waals surface area contributed by atoms with Crippen molar-refractivity contribution in [3.05, 3.63) is 12.1 Å². The number of hydrogen-bond acceptors (Lipinski definition) is 1. The average molecular weight is 445 g/mol. The van der Waals surface area contributed by atoms with Crippen molar-refractivity contribution in [1.29, 1.82) is 0 Å². The Balaban J connectivity index is 2.99. The van der Waals surface area contributed by atoms with Crippen LogP contribution in [0.5, 0.6) is 0 Å². The third kappa shape index (κ3) is 6.68. The van der Waals surface area contributed by atoms with Gasteiger partial charge in [-0.15, -0.1) is 0 Å². The molecule has 0 saturated carbocycles. The van der Waals surface area contributed by atoms with E-state index in [4.69, 9.17) is 0 Å². The Morgan fingerprint density at radius 1 is 0.909 bits per heavy atom. The van der Waals surface area contributed by atoms with Gasteiger partial charge in [0.05, 0.1) is 0 Å².